The largest absolute Gasteiger partial charge is 0.480 e. The minimum absolute atomic E-state index is 0.269. The average molecular weight is 330 g/mol. The summed E-state index contributed by atoms with van der Waals surface area (Å²) in [4.78, 5) is 27.6. The molecule has 0 bridgehead atoms. The van der Waals surface area contributed by atoms with Gasteiger partial charge in [-0.15, -0.1) is 11.3 Å². The number of carboxylic acids is 1. The number of aliphatic carboxylic acids is 1. The number of hydrogen-bond donors (Lipinski definition) is 2. The maximum absolute atomic E-state index is 12.2. The Hall–Kier alpha value is -2.21. The van der Waals surface area contributed by atoms with E-state index in [1.165, 1.54) is 16.9 Å². The van der Waals surface area contributed by atoms with Crippen LogP contribution in [0, 0.1) is 0 Å². The van der Waals surface area contributed by atoms with Gasteiger partial charge in [0.2, 0.25) is 0 Å². The topological polar surface area (TPSA) is 79.3 Å². The predicted molar refractivity (Wildman–Crippen MR) is 88.7 cm³/mol. The van der Waals surface area contributed by atoms with Crippen molar-refractivity contribution in [2.75, 3.05) is 0 Å². The van der Waals surface area contributed by atoms with Crippen LogP contribution in [0.3, 0.4) is 0 Å². The van der Waals surface area contributed by atoms with Gasteiger partial charge in [0.05, 0.1) is 0 Å². The first-order valence-corrected chi connectivity index (χ1v) is 8.41. The summed E-state index contributed by atoms with van der Waals surface area (Å²) < 4.78 is 0. The quantitative estimate of drug-likeness (QED) is 0.882. The molecule has 0 aliphatic heterocycles. The predicted octanol–water partition coefficient (Wildman–Crippen LogP) is 3.28. The van der Waals surface area contributed by atoms with Gasteiger partial charge in [0, 0.05) is 10.9 Å². The van der Waals surface area contributed by atoms with Crippen molar-refractivity contribution in [2.45, 2.75) is 38.1 Å². The number of carbonyl (C=O) groups is 2. The maximum Gasteiger partial charge on any atom is 0.329 e. The van der Waals surface area contributed by atoms with Crippen LogP contribution in [0.4, 0.5) is 0 Å². The number of nitrogens with zero attached hydrogens (tertiary/aromatic N) is 1. The highest BCUT2D eigenvalue weighted by molar-refractivity contribution is 7.13. The zero-order valence-corrected chi connectivity index (χ0v) is 13.8. The van der Waals surface area contributed by atoms with Crippen LogP contribution in [0.2, 0.25) is 0 Å². The Morgan fingerprint density at radius 1 is 1.26 bits per heavy atom. The molecule has 6 heteroatoms. The second-order valence-corrected chi connectivity index (χ2v) is 7.01. The van der Waals surface area contributed by atoms with Gasteiger partial charge in [-0.25, -0.2) is 9.78 Å². The molecule has 1 heterocycles. The van der Waals surface area contributed by atoms with Crippen molar-refractivity contribution in [3.8, 4) is 10.6 Å². The van der Waals surface area contributed by atoms with Crippen molar-refractivity contribution in [1.29, 1.82) is 0 Å². The van der Waals surface area contributed by atoms with E-state index in [2.05, 4.69) is 36.3 Å². The molecule has 1 amide bonds. The standard InChI is InChI=1S/C17H18N2O3S/c1-10(2)11-3-5-12(6-4-11)15-18-13(9-23-15)14(20)19-17(7-8-17)16(21)22/h3-6,9-10H,7-8H2,1-2H3,(H,19,20)(H,21,22). The summed E-state index contributed by atoms with van der Waals surface area (Å²) >= 11 is 1.38. The lowest BCUT2D eigenvalue weighted by Crippen LogP contribution is -2.43. The molecule has 1 aliphatic rings. The summed E-state index contributed by atoms with van der Waals surface area (Å²) in [6, 6.07) is 8.11. The number of aromatic nitrogens is 1. The van der Waals surface area contributed by atoms with E-state index in [1.807, 2.05) is 12.1 Å². The number of rotatable bonds is 5. The van der Waals surface area contributed by atoms with Gasteiger partial charge in [0.25, 0.3) is 5.91 Å². The smallest absolute Gasteiger partial charge is 0.329 e. The average Bonchev–Trinajstić information content (AvgIpc) is 3.13. The lowest BCUT2D eigenvalue weighted by atomic mass is 10.0. The molecule has 120 valence electrons. The summed E-state index contributed by atoms with van der Waals surface area (Å²) in [7, 11) is 0. The highest BCUT2D eigenvalue weighted by Gasteiger charge is 2.51. The molecule has 2 aromatic rings. The molecular formula is C17H18N2O3S. The summed E-state index contributed by atoms with van der Waals surface area (Å²) in [6.45, 7) is 4.27. The third-order valence-electron chi connectivity index (χ3n) is 4.07. The fourth-order valence-corrected chi connectivity index (χ4v) is 3.13. The Balaban J connectivity index is 1.75. The van der Waals surface area contributed by atoms with Gasteiger partial charge in [-0.1, -0.05) is 38.1 Å². The molecule has 1 saturated carbocycles. The molecule has 1 aliphatic carbocycles. The highest BCUT2D eigenvalue weighted by Crippen LogP contribution is 2.36. The third kappa shape index (κ3) is 3.12. The van der Waals surface area contributed by atoms with Gasteiger partial charge < -0.3 is 10.4 Å². The summed E-state index contributed by atoms with van der Waals surface area (Å²) in [5.74, 6) is -0.941. The molecule has 0 atom stereocenters. The summed E-state index contributed by atoms with van der Waals surface area (Å²) in [6.07, 6.45) is 0.948. The van der Waals surface area contributed by atoms with Crippen LogP contribution in [0.15, 0.2) is 29.6 Å². The molecule has 1 aromatic heterocycles. The van der Waals surface area contributed by atoms with E-state index in [0.29, 0.717) is 18.8 Å². The molecule has 5 nitrogen and oxygen atoms in total. The van der Waals surface area contributed by atoms with Crippen LogP contribution in [-0.2, 0) is 4.79 Å². The van der Waals surface area contributed by atoms with Crippen molar-refractivity contribution in [1.82, 2.24) is 10.3 Å². The third-order valence-corrected chi connectivity index (χ3v) is 4.96. The van der Waals surface area contributed by atoms with E-state index in [1.54, 1.807) is 5.38 Å². The molecule has 3 rings (SSSR count). The van der Waals surface area contributed by atoms with E-state index < -0.39 is 17.4 Å². The van der Waals surface area contributed by atoms with Crippen LogP contribution in [0.1, 0.15) is 48.7 Å². The second kappa shape index (κ2) is 5.77. The molecule has 2 N–H and O–H groups in total. The molecule has 0 unspecified atom stereocenters. The molecular weight excluding hydrogens is 312 g/mol. The first-order valence-electron chi connectivity index (χ1n) is 7.53. The van der Waals surface area contributed by atoms with Crippen LogP contribution in [0.25, 0.3) is 10.6 Å². The molecule has 23 heavy (non-hydrogen) atoms. The molecule has 0 saturated heterocycles. The number of carboxylic acid groups (broad SMARTS) is 1. The lowest BCUT2D eigenvalue weighted by molar-refractivity contribution is -0.140. The van der Waals surface area contributed by atoms with Crippen molar-refractivity contribution < 1.29 is 14.7 Å². The van der Waals surface area contributed by atoms with Crippen LogP contribution < -0.4 is 5.32 Å². The van der Waals surface area contributed by atoms with E-state index in [-0.39, 0.29) is 5.69 Å². The van der Waals surface area contributed by atoms with Gasteiger partial charge in [-0.2, -0.15) is 0 Å². The van der Waals surface area contributed by atoms with E-state index >= 15 is 0 Å². The SMILES string of the molecule is CC(C)c1ccc(-c2nc(C(=O)NC3(C(=O)O)CC3)cs2)cc1. The van der Waals surface area contributed by atoms with Crippen molar-refractivity contribution in [3.05, 3.63) is 40.9 Å². The first-order chi connectivity index (χ1) is 10.9. The number of benzene rings is 1. The normalized spacial score (nSPS) is 15.4. The Labute approximate surface area is 138 Å². The van der Waals surface area contributed by atoms with Gasteiger partial charge >= 0.3 is 5.97 Å². The van der Waals surface area contributed by atoms with Gasteiger partial charge in [0.15, 0.2) is 0 Å². The van der Waals surface area contributed by atoms with Gasteiger partial charge in [-0.3, -0.25) is 4.79 Å². The molecule has 1 aromatic carbocycles. The van der Waals surface area contributed by atoms with Gasteiger partial charge in [-0.05, 0) is 24.3 Å². The van der Waals surface area contributed by atoms with Crippen molar-refractivity contribution in [2.24, 2.45) is 0 Å². The fraction of sp³-hybridized carbons (Fsp3) is 0.353. The van der Waals surface area contributed by atoms with Crippen molar-refractivity contribution >= 4 is 23.2 Å². The first kappa shape index (κ1) is 15.7. The van der Waals surface area contributed by atoms with Gasteiger partial charge in [0.1, 0.15) is 16.2 Å². The Bertz CT molecular complexity index is 745. The van der Waals surface area contributed by atoms with Crippen molar-refractivity contribution in [3.63, 3.8) is 0 Å². The molecule has 1 fully saturated rings. The van der Waals surface area contributed by atoms with Crippen LogP contribution in [-0.4, -0.2) is 27.5 Å². The maximum atomic E-state index is 12.2. The zero-order valence-electron chi connectivity index (χ0n) is 13.0. The van der Waals surface area contributed by atoms with Crippen LogP contribution in [0.5, 0.6) is 0 Å². The zero-order chi connectivity index (χ0) is 16.6. The number of amides is 1. The van der Waals surface area contributed by atoms with E-state index in [0.717, 1.165) is 10.6 Å². The second-order valence-electron chi connectivity index (χ2n) is 6.16. The molecule has 0 spiro atoms. The highest BCUT2D eigenvalue weighted by atomic mass is 32.1. The summed E-state index contributed by atoms with van der Waals surface area (Å²) in [5, 5.41) is 14.1. The van der Waals surface area contributed by atoms with E-state index in [9.17, 15) is 9.59 Å². The fourth-order valence-electron chi connectivity index (χ4n) is 2.32. The Morgan fingerprint density at radius 3 is 2.43 bits per heavy atom. The Morgan fingerprint density at radius 2 is 1.91 bits per heavy atom. The number of thiazole rings is 1. The molecule has 0 radical (unpaired) electrons. The van der Waals surface area contributed by atoms with Crippen LogP contribution >= 0.6 is 11.3 Å². The lowest BCUT2D eigenvalue weighted by Gasteiger charge is -2.10. The van der Waals surface area contributed by atoms with E-state index in [4.69, 9.17) is 5.11 Å². The summed E-state index contributed by atoms with van der Waals surface area (Å²) in [5.41, 5.74) is 1.39. The number of carbonyl (C=O) groups excluding carboxylic acids is 1. The number of hydrogen-bond acceptors (Lipinski definition) is 4. The monoisotopic (exact) mass is 330 g/mol. The Kier molecular flexibility index (Phi) is 3.93. The number of nitrogens with one attached hydrogen (secondary N) is 1. The minimum Gasteiger partial charge on any atom is -0.480 e. The minimum atomic E-state index is -1.08.